The van der Waals surface area contributed by atoms with Crippen LogP contribution in [0.1, 0.15) is 31.8 Å². The molecule has 0 heterocycles. The molecule has 0 atom stereocenters. The van der Waals surface area contributed by atoms with Crippen LogP contribution in [0.15, 0.2) is 47.4 Å². The van der Waals surface area contributed by atoms with Crippen LogP contribution in [0.3, 0.4) is 0 Å². The molecule has 0 aromatic heterocycles. The number of sulfonamides is 1. The number of aliphatic hydroxyl groups is 1. The molecule has 6 nitrogen and oxygen atoms in total. The maximum atomic E-state index is 12.7. The van der Waals surface area contributed by atoms with E-state index in [-0.39, 0.29) is 46.1 Å². The molecular weight excluding hydrogens is 318 g/mol. The summed E-state index contributed by atoms with van der Waals surface area (Å²) >= 11 is 0. The smallest absolute Gasteiger partial charge is 0.241 e. The summed E-state index contributed by atoms with van der Waals surface area (Å²) in [6.07, 6.45) is 0. The topological polar surface area (TPSA) is 101 Å². The van der Waals surface area contributed by atoms with E-state index >= 15 is 0 Å². The summed E-state index contributed by atoms with van der Waals surface area (Å²) in [5.74, 6) is -0.880. The van der Waals surface area contributed by atoms with Gasteiger partial charge in [0.15, 0.2) is 11.6 Å². The van der Waals surface area contributed by atoms with Crippen molar-refractivity contribution in [2.75, 3.05) is 13.2 Å². The third-order valence-electron chi connectivity index (χ3n) is 3.61. The normalized spacial score (nSPS) is 13.6. The van der Waals surface area contributed by atoms with Crippen LogP contribution in [0.4, 0.5) is 0 Å². The van der Waals surface area contributed by atoms with Gasteiger partial charge < -0.3 is 5.11 Å². The van der Waals surface area contributed by atoms with Crippen molar-refractivity contribution in [2.24, 2.45) is 0 Å². The van der Waals surface area contributed by atoms with E-state index in [1.54, 1.807) is 18.2 Å². The number of aliphatic hydroxyl groups excluding tert-OH is 1. The minimum atomic E-state index is -4.01. The number of hydrogen-bond acceptors (Lipinski definition) is 5. The van der Waals surface area contributed by atoms with Gasteiger partial charge in [-0.3, -0.25) is 9.59 Å². The zero-order valence-corrected chi connectivity index (χ0v) is 12.8. The Balaban J connectivity index is 2.23. The van der Waals surface area contributed by atoms with Crippen LogP contribution < -0.4 is 4.72 Å². The lowest BCUT2D eigenvalue weighted by atomic mass is 9.84. The summed E-state index contributed by atoms with van der Waals surface area (Å²) in [6, 6.07) is 10.5. The average molecular weight is 331 g/mol. The first-order chi connectivity index (χ1) is 11.0. The lowest BCUT2D eigenvalue weighted by Crippen LogP contribution is -2.30. The zero-order chi connectivity index (χ0) is 16.6. The molecule has 118 valence electrons. The third kappa shape index (κ3) is 2.48. The summed E-state index contributed by atoms with van der Waals surface area (Å²) in [5, 5.41) is 8.79. The maximum Gasteiger partial charge on any atom is 0.241 e. The highest BCUT2D eigenvalue weighted by molar-refractivity contribution is 7.89. The van der Waals surface area contributed by atoms with E-state index in [2.05, 4.69) is 4.72 Å². The first kappa shape index (κ1) is 15.5. The molecule has 0 spiro atoms. The predicted octanol–water partition coefficient (Wildman–Crippen LogP) is 0.733. The van der Waals surface area contributed by atoms with E-state index in [4.69, 9.17) is 5.11 Å². The second kappa shape index (κ2) is 5.69. The second-order valence-electron chi connectivity index (χ2n) is 5.00. The number of benzene rings is 2. The fourth-order valence-corrected chi connectivity index (χ4v) is 3.84. The molecule has 2 aromatic carbocycles. The van der Waals surface area contributed by atoms with Gasteiger partial charge in [-0.15, -0.1) is 0 Å². The lowest BCUT2D eigenvalue weighted by molar-refractivity contribution is 0.0976. The van der Waals surface area contributed by atoms with E-state index in [1.165, 1.54) is 24.3 Å². The molecule has 23 heavy (non-hydrogen) atoms. The van der Waals surface area contributed by atoms with E-state index in [0.717, 1.165) is 0 Å². The van der Waals surface area contributed by atoms with Crippen molar-refractivity contribution in [1.82, 2.24) is 4.72 Å². The second-order valence-corrected chi connectivity index (χ2v) is 6.74. The summed E-state index contributed by atoms with van der Waals surface area (Å²) < 4.78 is 26.9. The number of fused-ring (bicyclic) bond motifs is 2. The highest BCUT2D eigenvalue weighted by Gasteiger charge is 2.34. The molecule has 0 amide bonds. The highest BCUT2D eigenvalue weighted by atomic mass is 32.2. The first-order valence-corrected chi connectivity index (χ1v) is 8.37. The van der Waals surface area contributed by atoms with Crippen molar-refractivity contribution < 1.29 is 23.1 Å². The van der Waals surface area contributed by atoms with Gasteiger partial charge in [0.2, 0.25) is 10.0 Å². The Morgan fingerprint density at radius 2 is 1.48 bits per heavy atom. The SMILES string of the molecule is O=C1c2ccccc2C(=O)c2c1cccc2S(=O)(=O)NCCO. The van der Waals surface area contributed by atoms with Crippen LogP contribution in [0.5, 0.6) is 0 Å². The Labute approximate surface area is 132 Å². The summed E-state index contributed by atoms with van der Waals surface area (Å²) in [6.45, 7) is -0.547. The molecule has 1 aliphatic rings. The molecule has 7 heteroatoms. The average Bonchev–Trinajstić information content (AvgIpc) is 2.57. The Bertz CT molecular complexity index is 918. The maximum absolute atomic E-state index is 12.7. The zero-order valence-electron chi connectivity index (χ0n) is 11.9. The van der Waals surface area contributed by atoms with E-state index < -0.39 is 15.8 Å². The Morgan fingerprint density at radius 3 is 2.13 bits per heavy atom. The van der Waals surface area contributed by atoms with E-state index in [1.807, 2.05) is 0 Å². The Kier molecular flexibility index (Phi) is 3.85. The highest BCUT2D eigenvalue weighted by Crippen LogP contribution is 2.31. The lowest BCUT2D eigenvalue weighted by Gasteiger charge is -2.20. The quantitative estimate of drug-likeness (QED) is 0.734. The molecule has 0 unspecified atom stereocenters. The van der Waals surface area contributed by atoms with Crippen LogP contribution >= 0.6 is 0 Å². The van der Waals surface area contributed by atoms with Crippen molar-refractivity contribution >= 4 is 21.6 Å². The fraction of sp³-hybridized carbons (Fsp3) is 0.125. The molecule has 0 fully saturated rings. The summed E-state index contributed by atoms with van der Waals surface area (Å²) in [4.78, 5) is 25.0. The van der Waals surface area contributed by atoms with Gasteiger partial charge in [0, 0.05) is 23.2 Å². The van der Waals surface area contributed by atoms with Crippen LogP contribution in [0.2, 0.25) is 0 Å². The number of hydrogen-bond donors (Lipinski definition) is 2. The van der Waals surface area contributed by atoms with Crippen molar-refractivity contribution in [3.8, 4) is 0 Å². The molecular formula is C16H13NO5S. The van der Waals surface area contributed by atoms with Gasteiger partial charge in [-0.05, 0) is 6.07 Å². The van der Waals surface area contributed by atoms with Gasteiger partial charge in [-0.25, -0.2) is 13.1 Å². The third-order valence-corrected chi connectivity index (χ3v) is 5.11. The molecule has 2 aromatic rings. The summed E-state index contributed by atoms with van der Waals surface area (Å²) in [5.41, 5.74) is 0.403. The van der Waals surface area contributed by atoms with E-state index in [0.29, 0.717) is 0 Å². The monoisotopic (exact) mass is 331 g/mol. The van der Waals surface area contributed by atoms with Crippen LogP contribution in [0, 0.1) is 0 Å². The van der Waals surface area contributed by atoms with Crippen LogP contribution in [0.25, 0.3) is 0 Å². The largest absolute Gasteiger partial charge is 0.395 e. The number of carbonyl (C=O) groups is 2. The number of nitrogens with one attached hydrogen (secondary N) is 1. The number of ketones is 2. The molecule has 1 aliphatic carbocycles. The number of carbonyl (C=O) groups excluding carboxylic acids is 2. The summed E-state index contributed by atoms with van der Waals surface area (Å²) in [7, 11) is -4.01. The van der Waals surface area contributed by atoms with Crippen LogP contribution in [-0.4, -0.2) is 38.2 Å². The van der Waals surface area contributed by atoms with Crippen LogP contribution in [-0.2, 0) is 10.0 Å². The first-order valence-electron chi connectivity index (χ1n) is 6.89. The van der Waals surface area contributed by atoms with Crippen molar-refractivity contribution in [3.05, 3.63) is 64.7 Å². The fourth-order valence-electron chi connectivity index (χ4n) is 2.60. The Hall–Kier alpha value is -2.35. The minimum Gasteiger partial charge on any atom is -0.395 e. The van der Waals surface area contributed by atoms with Gasteiger partial charge in [0.1, 0.15) is 0 Å². The minimum absolute atomic E-state index is 0.0700. The standard InChI is InChI=1S/C16H13NO5S/c18-9-8-17-23(21,22)13-7-3-6-12-14(13)16(20)11-5-2-1-4-10(11)15(12)19/h1-7,17-18H,8-9H2. The molecule has 0 saturated heterocycles. The number of rotatable bonds is 4. The van der Waals surface area contributed by atoms with Crippen molar-refractivity contribution in [1.29, 1.82) is 0 Å². The van der Waals surface area contributed by atoms with Gasteiger partial charge in [0.25, 0.3) is 0 Å². The Morgan fingerprint density at radius 1 is 0.870 bits per heavy atom. The van der Waals surface area contributed by atoms with Gasteiger partial charge in [-0.2, -0.15) is 0 Å². The molecule has 2 N–H and O–H groups in total. The van der Waals surface area contributed by atoms with Crippen molar-refractivity contribution in [2.45, 2.75) is 4.90 Å². The predicted molar refractivity (Wildman–Crippen MR) is 82.0 cm³/mol. The van der Waals surface area contributed by atoms with Gasteiger partial charge in [-0.1, -0.05) is 36.4 Å². The van der Waals surface area contributed by atoms with Crippen molar-refractivity contribution in [3.63, 3.8) is 0 Å². The molecule has 0 bridgehead atoms. The molecule has 0 aliphatic heterocycles. The van der Waals surface area contributed by atoms with Gasteiger partial charge >= 0.3 is 0 Å². The molecule has 3 rings (SSSR count). The van der Waals surface area contributed by atoms with E-state index in [9.17, 15) is 18.0 Å². The molecule has 0 saturated carbocycles. The molecule has 0 radical (unpaired) electrons. The van der Waals surface area contributed by atoms with Gasteiger partial charge in [0.05, 0.1) is 17.1 Å².